The lowest BCUT2D eigenvalue weighted by Gasteiger charge is -2.19. The van der Waals surface area contributed by atoms with Gasteiger partial charge in [0, 0.05) is 19.3 Å². The molecule has 0 aliphatic carbocycles. The molecule has 19 heavy (non-hydrogen) atoms. The first-order valence-electron chi connectivity index (χ1n) is 7.31. The van der Waals surface area contributed by atoms with Gasteiger partial charge in [0.15, 0.2) is 0 Å². The van der Waals surface area contributed by atoms with Gasteiger partial charge in [-0.15, -0.1) is 0 Å². The average molecular weight is 283 g/mol. The van der Waals surface area contributed by atoms with Gasteiger partial charge in [0.05, 0.1) is 0 Å². The largest absolute Gasteiger partial charge is 0.375 e. The Balaban J connectivity index is 2.06. The number of halogens is 1. The Morgan fingerprint density at radius 2 is 1.63 bits per heavy atom. The predicted molar refractivity (Wildman–Crippen MR) is 85.8 cm³/mol. The van der Waals surface area contributed by atoms with Crippen LogP contribution in [0.3, 0.4) is 0 Å². The number of unbranched alkanes of at least 4 members (excludes halogenated alkanes) is 6. The molecule has 0 saturated heterocycles. The SMILES string of the molecule is CN(CCCCCCCCCS)c1cccc(F)c1. The van der Waals surface area contributed by atoms with Crippen molar-refractivity contribution in [3.63, 3.8) is 0 Å². The van der Waals surface area contributed by atoms with Crippen LogP contribution in [0.15, 0.2) is 24.3 Å². The van der Waals surface area contributed by atoms with Crippen LogP contribution in [0.4, 0.5) is 10.1 Å². The molecule has 0 atom stereocenters. The van der Waals surface area contributed by atoms with E-state index in [1.807, 2.05) is 13.1 Å². The van der Waals surface area contributed by atoms with Crippen LogP contribution in [0, 0.1) is 5.82 Å². The lowest BCUT2D eigenvalue weighted by Crippen LogP contribution is -2.18. The molecule has 1 aromatic rings. The quantitative estimate of drug-likeness (QED) is 0.471. The molecular weight excluding hydrogens is 257 g/mol. The van der Waals surface area contributed by atoms with E-state index in [9.17, 15) is 4.39 Å². The maximum absolute atomic E-state index is 13.1. The van der Waals surface area contributed by atoms with Crippen molar-refractivity contribution in [1.29, 1.82) is 0 Å². The van der Waals surface area contributed by atoms with Crippen LogP contribution in [0.5, 0.6) is 0 Å². The van der Waals surface area contributed by atoms with E-state index in [1.54, 1.807) is 12.1 Å². The number of hydrogen-bond acceptors (Lipinski definition) is 2. The lowest BCUT2D eigenvalue weighted by molar-refractivity contribution is 0.589. The van der Waals surface area contributed by atoms with E-state index in [2.05, 4.69) is 17.5 Å². The molecule has 0 unspecified atom stereocenters. The van der Waals surface area contributed by atoms with Crippen molar-refractivity contribution in [2.24, 2.45) is 0 Å². The highest BCUT2D eigenvalue weighted by molar-refractivity contribution is 7.80. The van der Waals surface area contributed by atoms with Gasteiger partial charge >= 0.3 is 0 Å². The summed E-state index contributed by atoms with van der Waals surface area (Å²) in [4.78, 5) is 2.13. The van der Waals surface area contributed by atoms with Crippen LogP contribution in [0.1, 0.15) is 44.9 Å². The molecule has 0 spiro atoms. The monoisotopic (exact) mass is 283 g/mol. The second kappa shape index (κ2) is 10.1. The summed E-state index contributed by atoms with van der Waals surface area (Å²) < 4.78 is 13.1. The van der Waals surface area contributed by atoms with Crippen molar-refractivity contribution in [3.8, 4) is 0 Å². The molecule has 108 valence electrons. The Kier molecular flexibility index (Phi) is 8.72. The molecule has 3 heteroatoms. The number of nitrogens with zero attached hydrogens (tertiary/aromatic N) is 1. The van der Waals surface area contributed by atoms with Crippen molar-refractivity contribution in [2.45, 2.75) is 44.9 Å². The number of rotatable bonds is 10. The van der Waals surface area contributed by atoms with Crippen LogP contribution in [-0.4, -0.2) is 19.3 Å². The van der Waals surface area contributed by atoms with Gasteiger partial charge < -0.3 is 4.90 Å². The molecule has 0 aromatic heterocycles. The molecule has 0 radical (unpaired) electrons. The Hall–Kier alpha value is -0.700. The standard InChI is InChI=1S/C16H26FNS/c1-18(16-11-9-10-15(17)14-16)12-7-5-3-2-4-6-8-13-19/h9-11,14,19H,2-8,12-13H2,1H3. The van der Waals surface area contributed by atoms with Gasteiger partial charge in [-0.1, -0.05) is 38.2 Å². The Labute approximate surface area is 122 Å². The minimum absolute atomic E-state index is 0.159. The van der Waals surface area contributed by atoms with Crippen molar-refractivity contribution in [1.82, 2.24) is 0 Å². The molecule has 1 aromatic carbocycles. The zero-order chi connectivity index (χ0) is 13.9. The lowest BCUT2D eigenvalue weighted by atomic mass is 10.1. The van der Waals surface area contributed by atoms with E-state index < -0.39 is 0 Å². The van der Waals surface area contributed by atoms with E-state index >= 15 is 0 Å². The Morgan fingerprint density at radius 3 is 2.26 bits per heavy atom. The molecule has 0 fully saturated rings. The summed E-state index contributed by atoms with van der Waals surface area (Å²) in [5, 5.41) is 0. The van der Waals surface area contributed by atoms with Crippen LogP contribution >= 0.6 is 12.6 Å². The van der Waals surface area contributed by atoms with E-state index in [4.69, 9.17) is 0 Å². The van der Waals surface area contributed by atoms with Crippen LogP contribution in [0.2, 0.25) is 0 Å². The fraction of sp³-hybridized carbons (Fsp3) is 0.625. The third-order valence-electron chi connectivity index (χ3n) is 3.40. The number of thiol groups is 1. The number of hydrogen-bond donors (Lipinski definition) is 1. The summed E-state index contributed by atoms with van der Waals surface area (Å²) in [6.45, 7) is 1.00. The Bertz CT molecular complexity index is 343. The molecule has 0 amide bonds. The van der Waals surface area contributed by atoms with Gasteiger partial charge in [-0.3, -0.25) is 0 Å². The van der Waals surface area contributed by atoms with Gasteiger partial charge in [-0.05, 0) is 36.8 Å². The van der Waals surface area contributed by atoms with Crippen molar-refractivity contribution < 1.29 is 4.39 Å². The third-order valence-corrected chi connectivity index (χ3v) is 3.72. The highest BCUT2D eigenvalue weighted by Gasteiger charge is 2.01. The van der Waals surface area contributed by atoms with E-state index in [1.165, 1.54) is 51.0 Å². The van der Waals surface area contributed by atoms with Crippen molar-refractivity contribution in [3.05, 3.63) is 30.1 Å². The van der Waals surface area contributed by atoms with E-state index in [0.717, 1.165) is 18.0 Å². The molecular formula is C16H26FNS. The summed E-state index contributed by atoms with van der Waals surface area (Å²) in [5.74, 6) is 0.854. The summed E-state index contributed by atoms with van der Waals surface area (Å²) >= 11 is 4.21. The maximum Gasteiger partial charge on any atom is 0.125 e. The highest BCUT2D eigenvalue weighted by atomic mass is 32.1. The fourth-order valence-electron chi connectivity index (χ4n) is 2.19. The Morgan fingerprint density at radius 1 is 1.00 bits per heavy atom. The topological polar surface area (TPSA) is 3.24 Å². The zero-order valence-corrected chi connectivity index (χ0v) is 12.8. The molecule has 0 aliphatic heterocycles. The molecule has 0 bridgehead atoms. The third kappa shape index (κ3) is 7.46. The van der Waals surface area contributed by atoms with Gasteiger partial charge in [-0.25, -0.2) is 4.39 Å². The first-order chi connectivity index (χ1) is 9.24. The predicted octanol–water partition coefficient (Wildman–Crippen LogP) is 4.92. The second-order valence-corrected chi connectivity index (χ2v) is 5.55. The number of benzene rings is 1. The van der Waals surface area contributed by atoms with Gasteiger partial charge in [0.1, 0.15) is 5.82 Å². The highest BCUT2D eigenvalue weighted by Crippen LogP contribution is 2.15. The first kappa shape index (κ1) is 16.4. The van der Waals surface area contributed by atoms with E-state index in [0.29, 0.717) is 0 Å². The van der Waals surface area contributed by atoms with Gasteiger partial charge in [-0.2, -0.15) is 12.6 Å². The van der Waals surface area contributed by atoms with Gasteiger partial charge in [0.25, 0.3) is 0 Å². The minimum atomic E-state index is -0.159. The molecule has 0 saturated carbocycles. The fourth-order valence-corrected chi connectivity index (χ4v) is 2.41. The molecule has 0 heterocycles. The smallest absolute Gasteiger partial charge is 0.125 e. The first-order valence-corrected chi connectivity index (χ1v) is 7.95. The van der Waals surface area contributed by atoms with Crippen molar-refractivity contribution in [2.75, 3.05) is 24.2 Å². The van der Waals surface area contributed by atoms with Crippen LogP contribution < -0.4 is 4.90 Å². The second-order valence-electron chi connectivity index (χ2n) is 5.10. The minimum Gasteiger partial charge on any atom is -0.375 e. The van der Waals surface area contributed by atoms with Crippen molar-refractivity contribution >= 4 is 18.3 Å². The zero-order valence-electron chi connectivity index (χ0n) is 11.9. The van der Waals surface area contributed by atoms with Crippen LogP contribution in [-0.2, 0) is 0 Å². The molecule has 0 aliphatic rings. The molecule has 0 N–H and O–H groups in total. The average Bonchev–Trinajstić information content (AvgIpc) is 2.41. The molecule has 1 rings (SSSR count). The van der Waals surface area contributed by atoms with Gasteiger partial charge in [0.2, 0.25) is 0 Å². The summed E-state index contributed by atoms with van der Waals surface area (Å²) in [7, 11) is 2.03. The van der Waals surface area contributed by atoms with E-state index in [-0.39, 0.29) is 5.82 Å². The van der Waals surface area contributed by atoms with Crippen LogP contribution in [0.25, 0.3) is 0 Å². The molecule has 1 nitrogen and oxygen atoms in total. The summed E-state index contributed by atoms with van der Waals surface area (Å²) in [6.07, 6.45) is 8.97. The number of anilines is 1. The maximum atomic E-state index is 13.1. The summed E-state index contributed by atoms with van der Waals surface area (Å²) in [5.41, 5.74) is 0.966. The summed E-state index contributed by atoms with van der Waals surface area (Å²) in [6, 6.07) is 6.81. The normalized spacial score (nSPS) is 10.7.